The summed E-state index contributed by atoms with van der Waals surface area (Å²) in [5.74, 6) is 0.0103. The maximum atomic E-state index is 13.3. The van der Waals surface area contributed by atoms with Crippen molar-refractivity contribution in [3.05, 3.63) is 81.3 Å². The first-order valence-electron chi connectivity index (χ1n) is 10.1. The molecule has 0 aromatic heterocycles. The van der Waals surface area contributed by atoms with Gasteiger partial charge in [-0.1, -0.05) is 41.4 Å². The van der Waals surface area contributed by atoms with Crippen molar-refractivity contribution in [1.82, 2.24) is 0 Å². The molecule has 7 nitrogen and oxygen atoms in total. The zero-order valence-corrected chi connectivity index (χ0v) is 21.4. The number of amides is 1. The summed E-state index contributed by atoms with van der Waals surface area (Å²) >= 11 is 12.2. The largest absolute Gasteiger partial charge is 0.493 e. The smallest absolute Gasteiger partial charge is 0.257 e. The van der Waals surface area contributed by atoms with Crippen LogP contribution in [0.2, 0.25) is 10.0 Å². The number of carbonyl (C=O) groups excluding carboxylic acids is 1. The average molecular weight is 523 g/mol. The van der Waals surface area contributed by atoms with E-state index < -0.39 is 15.9 Å². The summed E-state index contributed by atoms with van der Waals surface area (Å²) in [6, 6.07) is 14.8. The molecular weight excluding hydrogens is 499 g/mol. The summed E-state index contributed by atoms with van der Waals surface area (Å²) in [7, 11) is -0.947. The minimum atomic E-state index is -3.81. The van der Waals surface area contributed by atoms with Crippen LogP contribution < -0.4 is 19.1 Å². The number of halogens is 2. The molecule has 0 saturated heterocycles. The molecule has 0 heterocycles. The lowest BCUT2D eigenvalue weighted by Gasteiger charge is -2.26. The van der Waals surface area contributed by atoms with Crippen molar-refractivity contribution in [3.8, 4) is 11.5 Å². The lowest BCUT2D eigenvalue weighted by Crippen LogP contribution is -2.31. The van der Waals surface area contributed by atoms with Crippen molar-refractivity contribution in [2.24, 2.45) is 0 Å². The summed E-state index contributed by atoms with van der Waals surface area (Å²) in [5.41, 5.74) is 2.21. The number of sulfonamides is 1. The van der Waals surface area contributed by atoms with Gasteiger partial charge in [0, 0.05) is 21.8 Å². The molecule has 0 saturated carbocycles. The number of rotatable bonds is 8. The van der Waals surface area contributed by atoms with Crippen LogP contribution in [0.25, 0.3) is 0 Å². The summed E-state index contributed by atoms with van der Waals surface area (Å²) in [5, 5.41) is 3.79. The van der Waals surface area contributed by atoms with E-state index in [1.165, 1.54) is 26.4 Å². The number of benzene rings is 3. The van der Waals surface area contributed by atoms with Gasteiger partial charge in [-0.3, -0.25) is 9.10 Å². The van der Waals surface area contributed by atoms with E-state index in [4.69, 9.17) is 32.7 Å². The van der Waals surface area contributed by atoms with E-state index >= 15 is 0 Å². The first-order chi connectivity index (χ1) is 16.0. The number of carbonyl (C=O) groups is 1. The molecule has 1 amide bonds. The molecule has 3 rings (SSSR count). The van der Waals surface area contributed by atoms with Crippen molar-refractivity contribution >= 4 is 50.5 Å². The van der Waals surface area contributed by atoms with Gasteiger partial charge in [0.1, 0.15) is 0 Å². The SMILES string of the molecule is COc1cc(C(=O)Nc2ccc(C)c(Cl)c2)c(N(Cc2ccc(Cl)cc2)S(C)(=O)=O)cc1OC. The van der Waals surface area contributed by atoms with Crippen molar-refractivity contribution in [2.45, 2.75) is 13.5 Å². The first kappa shape index (κ1) is 25.7. The third-order valence-corrected chi connectivity index (χ3v) is 6.87. The predicted octanol–water partition coefficient (Wildman–Crippen LogP) is 5.54. The summed E-state index contributed by atoms with van der Waals surface area (Å²) in [6.07, 6.45) is 1.07. The lowest BCUT2D eigenvalue weighted by molar-refractivity contribution is 0.102. The van der Waals surface area contributed by atoms with Crippen LogP contribution in [0.5, 0.6) is 11.5 Å². The number of anilines is 2. The molecule has 1 N–H and O–H groups in total. The van der Waals surface area contributed by atoms with Gasteiger partial charge in [0.2, 0.25) is 10.0 Å². The van der Waals surface area contributed by atoms with Gasteiger partial charge in [-0.05, 0) is 48.4 Å². The summed E-state index contributed by atoms with van der Waals surface area (Å²) in [6.45, 7) is 1.82. The van der Waals surface area contributed by atoms with Crippen LogP contribution in [0, 0.1) is 6.92 Å². The highest BCUT2D eigenvalue weighted by atomic mass is 35.5. The minimum Gasteiger partial charge on any atom is -0.493 e. The second-order valence-corrected chi connectivity index (χ2v) is 10.3. The molecule has 0 radical (unpaired) electrons. The molecule has 0 aliphatic heterocycles. The summed E-state index contributed by atoms with van der Waals surface area (Å²) in [4.78, 5) is 13.3. The predicted molar refractivity (Wildman–Crippen MR) is 136 cm³/mol. The van der Waals surface area contributed by atoms with E-state index in [2.05, 4.69) is 5.32 Å². The lowest BCUT2D eigenvalue weighted by atomic mass is 10.1. The fourth-order valence-electron chi connectivity index (χ4n) is 3.26. The summed E-state index contributed by atoms with van der Waals surface area (Å²) < 4.78 is 37.6. The number of nitrogens with zero attached hydrogens (tertiary/aromatic N) is 1. The number of ether oxygens (including phenoxy) is 2. The zero-order chi connectivity index (χ0) is 25.0. The van der Waals surface area contributed by atoms with E-state index in [0.717, 1.165) is 16.1 Å². The van der Waals surface area contributed by atoms with Gasteiger partial charge >= 0.3 is 0 Å². The van der Waals surface area contributed by atoms with Crippen LogP contribution in [0.3, 0.4) is 0 Å². The Labute approximate surface area is 209 Å². The van der Waals surface area contributed by atoms with Gasteiger partial charge in [-0.15, -0.1) is 0 Å². The molecule has 10 heteroatoms. The molecule has 180 valence electrons. The van der Waals surface area contributed by atoms with E-state index in [1.807, 2.05) is 6.92 Å². The monoisotopic (exact) mass is 522 g/mol. The molecular formula is C24H24Cl2N2O5S. The molecule has 3 aromatic rings. The van der Waals surface area contributed by atoms with E-state index in [9.17, 15) is 13.2 Å². The fourth-order valence-corrected chi connectivity index (χ4v) is 4.46. The molecule has 0 spiro atoms. The van der Waals surface area contributed by atoms with Crippen LogP contribution in [0.15, 0.2) is 54.6 Å². The second-order valence-electron chi connectivity index (χ2n) is 7.54. The molecule has 0 bridgehead atoms. The maximum absolute atomic E-state index is 13.3. The highest BCUT2D eigenvalue weighted by molar-refractivity contribution is 7.92. The molecule has 0 aliphatic rings. The normalized spacial score (nSPS) is 11.1. The Hall–Kier alpha value is -2.94. The number of hydrogen-bond acceptors (Lipinski definition) is 5. The van der Waals surface area contributed by atoms with Gasteiger partial charge in [-0.2, -0.15) is 0 Å². The molecule has 3 aromatic carbocycles. The van der Waals surface area contributed by atoms with Gasteiger partial charge in [0.05, 0.1) is 38.3 Å². The van der Waals surface area contributed by atoms with Gasteiger partial charge in [0.25, 0.3) is 5.91 Å². The Morgan fingerprint density at radius 2 is 1.59 bits per heavy atom. The van der Waals surface area contributed by atoms with Crippen LogP contribution in [0.1, 0.15) is 21.5 Å². The number of aryl methyl sites for hydroxylation is 1. The Kier molecular flexibility index (Phi) is 7.97. The third kappa shape index (κ3) is 5.94. The average Bonchev–Trinajstić information content (AvgIpc) is 2.79. The van der Waals surface area contributed by atoms with Crippen molar-refractivity contribution in [2.75, 3.05) is 30.1 Å². The standard InChI is InChI=1S/C24H24Cl2N2O5S/c1-15-5-10-18(11-20(15)26)27-24(29)19-12-22(32-2)23(33-3)13-21(19)28(34(4,30)31)14-16-6-8-17(25)9-7-16/h5-13H,14H2,1-4H3,(H,27,29). The van der Waals surface area contributed by atoms with Gasteiger partial charge in [0.15, 0.2) is 11.5 Å². The molecule has 34 heavy (non-hydrogen) atoms. The highest BCUT2D eigenvalue weighted by Gasteiger charge is 2.27. The number of nitrogens with one attached hydrogen (secondary N) is 1. The highest BCUT2D eigenvalue weighted by Crippen LogP contribution is 2.37. The quantitative estimate of drug-likeness (QED) is 0.419. The van der Waals surface area contributed by atoms with E-state index in [1.54, 1.807) is 42.5 Å². The Morgan fingerprint density at radius 1 is 0.971 bits per heavy atom. The minimum absolute atomic E-state index is 0.0257. The molecule has 0 fully saturated rings. The van der Waals surface area contributed by atoms with Crippen LogP contribution in [0.4, 0.5) is 11.4 Å². The maximum Gasteiger partial charge on any atom is 0.257 e. The number of methoxy groups -OCH3 is 2. The second kappa shape index (κ2) is 10.5. The Morgan fingerprint density at radius 3 is 2.15 bits per heavy atom. The van der Waals surface area contributed by atoms with E-state index in [-0.39, 0.29) is 29.3 Å². The molecule has 0 unspecified atom stereocenters. The van der Waals surface area contributed by atoms with Crippen molar-refractivity contribution in [3.63, 3.8) is 0 Å². The first-order valence-corrected chi connectivity index (χ1v) is 12.7. The Bertz CT molecular complexity index is 1310. The van der Waals surface area contributed by atoms with Crippen LogP contribution >= 0.6 is 23.2 Å². The number of hydrogen-bond donors (Lipinski definition) is 1. The van der Waals surface area contributed by atoms with Crippen molar-refractivity contribution in [1.29, 1.82) is 0 Å². The fraction of sp³-hybridized carbons (Fsp3) is 0.208. The van der Waals surface area contributed by atoms with Gasteiger partial charge < -0.3 is 14.8 Å². The molecule has 0 aliphatic carbocycles. The van der Waals surface area contributed by atoms with Crippen molar-refractivity contribution < 1.29 is 22.7 Å². The van der Waals surface area contributed by atoms with Crippen LogP contribution in [-0.2, 0) is 16.6 Å². The molecule has 0 atom stereocenters. The topological polar surface area (TPSA) is 84.9 Å². The van der Waals surface area contributed by atoms with E-state index in [0.29, 0.717) is 21.3 Å². The van der Waals surface area contributed by atoms with Crippen LogP contribution in [-0.4, -0.2) is 34.8 Å². The van der Waals surface area contributed by atoms with Gasteiger partial charge in [-0.25, -0.2) is 8.42 Å². The zero-order valence-electron chi connectivity index (χ0n) is 19.1. The third-order valence-electron chi connectivity index (χ3n) is 5.08. The Balaban J connectivity index is 2.13.